The molecule has 1 aliphatic heterocycles. The van der Waals surface area contributed by atoms with Gasteiger partial charge >= 0.3 is 11.9 Å². The highest BCUT2D eigenvalue weighted by Gasteiger charge is 2.32. The number of carboxylic acids is 2. The number of aryl methyl sites for hydroxylation is 3. The topological polar surface area (TPSA) is 170 Å². The van der Waals surface area contributed by atoms with Crippen molar-refractivity contribution in [1.82, 2.24) is 0 Å². The molecule has 0 bridgehead atoms. The van der Waals surface area contributed by atoms with Gasteiger partial charge in [0.1, 0.15) is 5.00 Å². The van der Waals surface area contributed by atoms with Crippen molar-refractivity contribution in [3.05, 3.63) is 140 Å². The fourth-order valence-electron chi connectivity index (χ4n) is 6.80. The van der Waals surface area contributed by atoms with Crippen molar-refractivity contribution in [3.63, 3.8) is 0 Å². The molecule has 7 rings (SSSR count). The lowest BCUT2D eigenvalue weighted by Gasteiger charge is -2.20. The zero-order chi connectivity index (χ0) is 37.3. The average molecular weight is 750 g/mol. The van der Waals surface area contributed by atoms with Crippen LogP contribution in [0.4, 0.5) is 16.4 Å². The SMILES string of the molecule is O=C(O)c1ccc(CCc2ccc(NC(=O)c3c(NC(=O)c4cccc(S(=O)(=O)N5CCc6cc(C(=O)O)ccc65)c4)sc4c3CCCC4)cc2)cc1. The molecule has 0 radical (unpaired) electrons. The van der Waals surface area contributed by atoms with E-state index in [1.165, 1.54) is 58.1 Å². The van der Waals surface area contributed by atoms with Crippen LogP contribution in [-0.2, 0) is 42.1 Å². The number of nitrogens with zero attached hydrogens (tertiary/aromatic N) is 1. The third-order valence-corrected chi connectivity index (χ3v) is 12.6. The first-order valence-corrected chi connectivity index (χ1v) is 19.4. The number of hydrogen-bond donors (Lipinski definition) is 4. The fraction of sp³-hybridized carbons (Fsp3) is 0.200. The van der Waals surface area contributed by atoms with Gasteiger partial charge in [-0.3, -0.25) is 13.9 Å². The number of fused-ring (bicyclic) bond motifs is 2. The number of carbonyl (C=O) groups excluding carboxylic acids is 2. The van der Waals surface area contributed by atoms with Crippen LogP contribution in [0.5, 0.6) is 0 Å². The summed E-state index contributed by atoms with van der Waals surface area (Å²) in [5, 5.41) is 24.8. The average Bonchev–Trinajstić information content (AvgIpc) is 3.76. The van der Waals surface area contributed by atoms with Gasteiger partial charge < -0.3 is 20.8 Å². The van der Waals surface area contributed by atoms with Gasteiger partial charge in [-0.1, -0.05) is 30.3 Å². The van der Waals surface area contributed by atoms with Crippen LogP contribution in [0.2, 0.25) is 0 Å². The molecule has 0 fully saturated rings. The number of rotatable bonds is 11. The van der Waals surface area contributed by atoms with Crippen molar-refractivity contribution in [2.75, 3.05) is 21.5 Å². The zero-order valence-corrected chi connectivity index (χ0v) is 30.1. The quantitative estimate of drug-likeness (QED) is 0.111. The summed E-state index contributed by atoms with van der Waals surface area (Å²) in [5.74, 6) is -2.95. The van der Waals surface area contributed by atoms with Crippen molar-refractivity contribution in [1.29, 1.82) is 0 Å². The van der Waals surface area contributed by atoms with Gasteiger partial charge in [0.2, 0.25) is 0 Å². The molecule has 1 aliphatic carbocycles. The molecule has 0 spiro atoms. The first-order chi connectivity index (χ1) is 25.5. The maximum atomic E-state index is 13.8. The molecule has 0 saturated heterocycles. The molecular weight excluding hydrogens is 715 g/mol. The molecule has 0 saturated carbocycles. The van der Waals surface area contributed by atoms with Crippen LogP contribution >= 0.6 is 11.3 Å². The molecule has 1 aromatic heterocycles. The van der Waals surface area contributed by atoms with Crippen LogP contribution in [0.1, 0.15) is 81.4 Å². The van der Waals surface area contributed by atoms with Crippen LogP contribution in [0.15, 0.2) is 95.9 Å². The lowest BCUT2D eigenvalue weighted by molar-refractivity contribution is 0.0686. The van der Waals surface area contributed by atoms with Crippen molar-refractivity contribution in [2.24, 2.45) is 0 Å². The molecule has 2 aliphatic rings. The predicted octanol–water partition coefficient (Wildman–Crippen LogP) is 7.06. The fourth-order valence-corrected chi connectivity index (χ4v) is 9.63. The van der Waals surface area contributed by atoms with E-state index in [9.17, 15) is 32.7 Å². The first kappa shape index (κ1) is 35.6. The zero-order valence-electron chi connectivity index (χ0n) is 28.4. The van der Waals surface area contributed by atoms with E-state index >= 15 is 0 Å². The summed E-state index contributed by atoms with van der Waals surface area (Å²) in [5.41, 5.74) is 5.45. The smallest absolute Gasteiger partial charge is 0.335 e. The summed E-state index contributed by atoms with van der Waals surface area (Å²) in [7, 11) is -4.07. The molecule has 0 unspecified atom stereocenters. The van der Waals surface area contributed by atoms with E-state index in [1.807, 2.05) is 36.4 Å². The Morgan fingerprint density at radius 3 is 2.06 bits per heavy atom. The summed E-state index contributed by atoms with van der Waals surface area (Å²) in [6.07, 6.45) is 5.22. The van der Waals surface area contributed by atoms with Crippen LogP contribution in [-0.4, -0.2) is 48.9 Å². The van der Waals surface area contributed by atoms with Gasteiger partial charge in [-0.05, 0) is 128 Å². The number of benzene rings is 4. The third-order valence-electron chi connectivity index (χ3n) is 9.60. The van der Waals surface area contributed by atoms with Crippen molar-refractivity contribution < 1.29 is 37.8 Å². The first-order valence-electron chi connectivity index (χ1n) is 17.2. The summed E-state index contributed by atoms with van der Waals surface area (Å²) in [6, 6.07) is 24.4. The van der Waals surface area contributed by atoms with E-state index in [4.69, 9.17) is 5.11 Å². The second-order valence-electron chi connectivity index (χ2n) is 13.0. The molecule has 5 aromatic rings. The Morgan fingerprint density at radius 2 is 1.36 bits per heavy atom. The van der Waals surface area contributed by atoms with E-state index < -0.39 is 27.9 Å². The summed E-state index contributed by atoms with van der Waals surface area (Å²) >= 11 is 1.37. The van der Waals surface area contributed by atoms with Gasteiger partial charge in [0.25, 0.3) is 21.8 Å². The third kappa shape index (κ3) is 7.44. The minimum absolute atomic E-state index is 0.0803. The van der Waals surface area contributed by atoms with Crippen molar-refractivity contribution >= 4 is 61.5 Å². The molecule has 0 atom stereocenters. The molecule has 11 nitrogen and oxygen atoms in total. The van der Waals surface area contributed by atoms with Crippen molar-refractivity contribution in [2.45, 2.75) is 49.8 Å². The number of anilines is 3. The number of amides is 2. The molecule has 270 valence electrons. The molecular formula is C40H35N3O8S2. The Balaban J connectivity index is 1.06. The van der Waals surface area contributed by atoms with Crippen LogP contribution in [0.25, 0.3) is 0 Å². The monoisotopic (exact) mass is 749 g/mol. The van der Waals surface area contributed by atoms with Gasteiger partial charge in [0.15, 0.2) is 0 Å². The number of sulfonamides is 1. The maximum Gasteiger partial charge on any atom is 0.335 e. The maximum absolute atomic E-state index is 13.8. The van der Waals surface area contributed by atoms with E-state index in [-0.39, 0.29) is 34.0 Å². The second kappa shape index (κ2) is 14.7. The number of carbonyl (C=O) groups is 4. The van der Waals surface area contributed by atoms with E-state index in [1.54, 1.807) is 12.1 Å². The Morgan fingerprint density at radius 1 is 0.698 bits per heavy atom. The number of thiophene rings is 1. The van der Waals surface area contributed by atoms with Gasteiger partial charge in [-0.25, -0.2) is 18.0 Å². The van der Waals surface area contributed by atoms with Gasteiger partial charge in [0, 0.05) is 22.7 Å². The number of aromatic carboxylic acids is 2. The summed E-state index contributed by atoms with van der Waals surface area (Å²) < 4.78 is 28.8. The molecule has 13 heteroatoms. The molecule has 53 heavy (non-hydrogen) atoms. The Kier molecular flexibility index (Phi) is 9.86. The summed E-state index contributed by atoms with van der Waals surface area (Å²) in [6.45, 7) is 0.143. The minimum Gasteiger partial charge on any atom is -0.478 e. The lowest BCUT2D eigenvalue weighted by Crippen LogP contribution is -2.29. The van der Waals surface area contributed by atoms with Gasteiger partial charge in [0.05, 0.1) is 27.3 Å². The molecule has 4 aromatic carbocycles. The van der Waals surface area contributed by atoms with Crippen LogP contribution < -0.4 is 14.9 Å². The highest BCUT2D eigenvalue weighted by atomic mass is 32.2. The summed E-state index contributed by atoms with van der Waals surface area (Å²) in [4.78, 5) is 51.0. The second-order valence-corrected chi connectivity index (χ2v) is 16.0. The molecule has 2 amide bonds. The van der Waals surface area contributed by atoms with E-state index in [0.29, 0.717) is 40.3 Å². The van der Waals surface area contributed by atoms with Crippen molar-refractivity contribution in [3.8, 4) is 0 Å². The van der Waals surface area contributed by atoms with E-state index in [2.05, 4.69) is 10.6 Å². The number of hydrogen-bond acceptors (Lipinski definition) is 7. The number of carboxylic acid groups (broad SMARTS) is 2. The predicted molar refractivity (Wildman–Crippen MR) is 202 cm³/mol. The normalized spacial score (nSPS) is 13.5. The largest absolute Gasteiger partial charge is 0.478 e. The van der Waals surface area contributed by atoms with Crippen LogP contribution in [0, 0.1) is 0 Å². The standard InChI is InChI=1S/C40H35N3O8S2/c44-36(28-4-3-5-31(23-28)53(50,51)43-21-20-27-22-29(40(48)49)16-19-33(27)43)42-38-35(32-6-1-2-7-34(32)52-38)37(45)41-30-17-12-25(13-18-30)9-8-24-10-14-26(15-11-24)39(46)47/h3-5,10-19,22-23H,1-2,6-9,20-21H2,(H,41,45)(H,42,44)(H,46,47)(H,48,49). The Hall–Kier alpha value is -5.79. The lowest BCUT2D eigenvalue weighted by atomic mass is 9.95. The highest BCUT2D eigenvalue weighted by molar-refractivity contribution is 7.92. The Bertz CT molecular complexity index is 2370. The molecule has 4 N–H and O–H groups in total. The molecule has 2 heterocycles. The van der Waals surface area contributed by atoms with E-state index in [0.717, 1.165) is 53.7 Å². The number of nitrogens with one attached hydrogen (secondary N) is 2. The Labute approximate surface area is 310 Å². The van der Waals surface area contributed by atoms with Crippen LogP contribution in [0.3, 0.4) is 0 Å². The van der Waals surface area contributed by atoms with Gasteiger partial charge in [-0.2, -0.15) is 0 Å². The minimum atomic E-state index is -4.07. The van der Waals surface area contributed by atoms with Gasteiger partial charge in [-0.15, -0.1) is 11.3 Å². The highest BCUT2D eigenvalue weighted by Crippen LogP contribution is 2.39.